The van der Waals surface area contributed by atoms with E-state index in [0.29, 0.717) is 12.8 Å². The Hall–Kier alpha value is -3.09. The van der Waals surface area contributed by atoms with Gasteiger partial charge in [0.05, 0.1) is 32.0 Å². The Labute approximate surface area is 490 Å². The van der Waals surface area contributed by atoms with Crippen LogP contribution < -0.4 is 5.32 Å². The number of ether oxygens (including phenoxy) is 4. The average molecular weight is 1140 g/mol. The van der Waals surface area contributed by atoms with Crippen LogP contribution in [0, 0.1) is 0 Å². The fourth-order valence-electron chi connectivity index (χ4n) is 9.96. The topological polar surface area (TPSA) is 228 Å². The van der Waals surface area contributed by atoms with Crippen LogP contribution >= 0.6 is 0 Å². The summed E-state index contributed by atoms with van der Waals surface area (Å²) in [6.45, 7) is 2.73. The summed E-state index contributed by atoms with van der Waals surface area (Å²) in [5, 5.41) is 87.3. The Kier molecular flexibility index (Phi) is 46.9. The Balaban J connectivity index is 1.67. The van der Waals surface area contributed by atoms with E-state index in [-0.39, 0.29) is 18.9 Å². The molecule has 2 rings (SSSR count). The Morgan fingerprint density at radius 1 is 0.457 bits per heavy atom. The average Bonchev–Trinajstić information content (AvgIpc) is 3.47. The zero-order valence-electron chi connectivity index (χ0n) is 50.2. The Morgan fingerprint density at radius 2 is 0.852 bits per heavy atom. The van der Waals surface area contributed by atoms with Crippen molar-refractivity contribution < 1.29 is 64.6 Å². The van der Waals surface area contributed by atoms with Gasteiger partial charge in [0.1, 0.15) is 48.8 Å². The molecule has 2 saturated heterocycles. The molecule has 1 amide bonds. The Morgan fingerprint density at radius 3 is 1.31 bits per heavy atom. The molecule has 2 fully saturated rings. The summed E-state index contributed by atoms with van der Waals surface area (Å²) in [5.41, 5.74) is 0. The molecule has 0 aliphatic carbocycles. The molecule has 14 nitrogen and oxygen atoms in total. The zero-order valence-corrected chi connectivity index (χ0v) is 50.2. The van der Waals surface area contributed by atoms with Crippen LogP contribution in [0.3, 0.4) is 0 Å². The van der Waals surface area contributed by atoms with E-state index in [4.69, 9.17) is 18.9 Å². The summed E-state index contributed by atoms with van der Waals surface area (Å²) < 4.78 is 22.8. The van der Waals surface area contributed by atoms with Crippen molar-refractivity contribution in [3.05, 3.63) is 97.2 Å². The Bertz CT molecular complexity index is 1730. The molecule has 0 spiro atoms. The molecule has 81 heavy (non-hydrogen) atoms. The largest absolute Gasteiger partial charge is 0.394 e. The van der Waals surface area contributed by atoms with Gasteiger partial charge in [-0.05, 0) is 77.0 Å². The van der Waals surface area contributed by atoms with Gasteiger partial charge in [-0.3, -0.25) is 4.79 Å². The third-order valence-corrected chi connectivity index (χ3v) is 15.1. The fraction of sp³-hybridized carbons (Fsp3) is 0.746. The molecule has 2 aliphatic rings. The molecular weight excluding hydrogens is 1030 g/mol. The van der Waals surface area contributed by atoms with Crippen LogP contribution in [-0.2, 0) is 23.7 Å². The lowest BCUT2D eigenvalue weighted by molar-refractivity contribution is -0.359. The molecule has 0 aromatic rings. The summed E-state index contributed by atoms with van der Waals surface area (Å²) in [4.78, 5) is 13.3. The van der Waals surface area contributed by atoms with Gasteiger partial charge in [-0.1, -0.05) is 239 Å². The minimum Gasteiger partial charge on any atom is -0.394 e. The minimum atomic E-state index is -1.79. The summed E-state index contributed by atoms with van der Waals surface area (Å²) in [7, 11) is 0. The molecule has 0 saturated carbocycles. The van der Waals surface area contributed by atoms with Gasteiger partial charge in [-0.2, -0.15) is 0 Å². The second-order valence-corrected chi connectivity index (χ2v) is 22.2. The van der Waals surface area contributed by atoms with Crippen molar-refractivity contribution in [1.29, 1.82) is 0 Å². The summed E-state index contributed by atoms with van der Waals surface area (Å²) >= 11 is 0. The first-order valence-electron chi connectivity index (χ1n) is 32.0. The number of amides is 1. The van der Waals surface area contributed by atoms with E-state index in [9.17, 15) is 45.6 Å². The molecule has 0 aromatic carbocycles. The van der Waals surface area contributed by atoms with Crippen molar-refractivity contribution in [3.8, 4) is 0 Å². The van der Waals surface area contributed by atoms with Gasteiger partial charge in [-0.15, -0.1) is 0 Å². The van der Waals surface area contributed by atoms with E-state index >= 15 is 0 Å². The number of nitrogens with one attached hydrogen (secondary N) is 1. The van der Waals surface area contributed by atoms with Gasteiger partial charge in [0.15, 0.2) is 12.6 Å². The van der Waals surface area contributed by atoms with Crippen LogP contribution in [0.2, 0.25) is 0 Å². The molecule has 0 bridgehead atoms. The van der Waals surface area contributed by atoms with Crippen LogP contribution in [0.5, 0.6) is 0 Å². The van der Waals surface area contributed by atoms with Gasteiger partial charge >= 0.3 is 0 Å². The lowest BCUT2D eigenvalue weighted by Gasteiger charge is -2.46. The number of hydrogen-bond donors (Lipinski definition) is 9. The maximum absolute atomic E-state index is 13.3. The van der Waals surface area contributed by atoms with Gasteiger partial charge in [0.2, 0.25) is 5.91 Å². The maximum atomic E-state index is 13.3. The first-order valence-corrected chi connectivity index (χ1v) is 32.0. The van der Waals surface area contributed by atoms with Crippen molar-refractivity contribution >= 4 is 5.91 Å². The first kappa shape index (κ1) is 74.0. The molecule has 2 heterocycles. The number of allylic oxidation sites excluding steroid dienone is 16. The molecule has 0 aromatic heterocycles. The lowest BCUT2D eigenvalue weighted by atomic mass is 9.97. The van der Waals surface area contributed by atoms with Crippen molar-refractivity contribution in [2.75, 3.05) is 19.8 Å². The minimum absolute atomic E-state index is 0.219. The highest BCUT2D eigenvalue weighted by Gasteiger charge is 2.51. The van der Waals surface area contributed by atoms with Crippen molar-refractivity contribution in [2.24, 2.45) is 0 Å². The first-order chi connectivity index (χ1) is 39.6. The highest BCUT2D eigenvalue weighted by atomic mass is 16.7. The van der Waals surface area contributed by atoms with Crippen LogP contribution in [-0.4, -0.2) is 140 Å². The van der Waals surface area contributed by atoms with Crippen molar-refractivity contribution in [3.63, 3.8) is 0 Å². The van der Waals surface area contributed by atoms with E-state index in [1.165, 1.54) is 89.9 Å². The zero-order chi connectivity index (χ0) is 58.8. The number of rotatable bonds is 50. The smallest absolute Gasteiger partial charge is 0.220 e. The lowest BCUT2D eigenvalue weighted by Crippen LogP contribution is -2.65. The molecule has 0 radical (unpaired) electrons. The van der Waals surface area contributed by atoms with E-state index < -0.39 is 86.8 Å². The van der Waals surface area contributed by atoms with Gasteiger partial charge in [-0.25, -0.2) is 0 Å². The SMILES string of the molecule is CC/C=C\C/C=C\C/C=C\C/C=C\C/C=C\C/C=C\C/C=C\C/C=C\CCCCCCCCCCC(=O)NC(COC1OC(CO)C(OC2OC(CO)C(O)C(O)C2O)C(O)C1O)C(O)CCCCCCCCCCCCCCCC. The second kappa shape index (κ2) is 51.3. The summed E-state index contributed by atoms with van der Waals surface area (Å²) in [6, 6.07) is -0.839. The van der Waals surface area contributed by atoms with Crippen LogP contribution in [0.4, 0.5) is 0 Å². The van der Waals surface area contributed by atoms with Crippen LogP contribution in [0.15, 0.2) is 97.2 Å². The predicted octanol–water partition coefficient (Wildman–Crippen LogP) is 11.8. The monoisotopic (exact) mass is 1140 g/mol. The third kappa shape index (κ3) is 36.4. The fourth-order valence-corrected chi connectivity index (χ4v) is 9.96. The molecule has 2 aliphatic heterocycles. The van der Waals surface area contributed by atoms with E-state index in [1.54, 1.807) is 0 Å². The summed E-state index contributed by atoms with van der Waals surface area (Å²) in [5.74, 6) is -0.219. The van der Waals surface area contributed by atoms with Crippen LogP contribution in [0.25, 0.3) is 0 Å². The number of aliphatic hydroxyl groups excluding tert-OH is 8. The normalized spacial score (nSPS) is 24.8. The maximum Gasteiger partial charge on any atom is 0.220 e. The number of carbonyl (C=O) groups is 1. The van der Waals surface area contributed by atoms with Gasteiger partial charge in [0.25, 0.3) is 0 Å². The summed E-state index contributed by atoms with van der Waals surface area (Å²) in [6.07, 6.45) is 54.1. The van der Waals surface area contributed by atoms with Crippen LogP contribution in [0.1, 0.15) is 226 Å². The van der Waals surface area contributed by atoms with E-state index in [0.717, 1.165) is 103 Å². The highest BCUT2D eigenvalue weighted by Crippen LogP contribution is 2.30. The third-order valence-electron chi connectivity index (χ3n) is 15.1. The number of carbonyl (C=O) groups excluding carboxylic acids is 1. The molecule has 12 unspecified atom stereocenters. The number of hydrogen-bond acceptors (Lipinski definition) is 13. The number of unbranched alkanes of at least 4 members (excludes halogenated alkanes) is 21. The molecule has 14 heteroatoms. The highest BCUT2D eigenvalue weighted by molar-refractivity contribution is 5.76. The quantitative estimate of drug-likeness (QED) is 0.0204. The molecule has 12 atom stereocenters. The van der Waals surface area contributed by atoms with E-state index in [1.807, 2.05) is 0 Å². The van der Waals surface area contributed by atoms with Gasteiger partial charge < -0.3 is 65.1 Å². The van der Waals surface area contributed by atoms with E-state index in [2.05, 4.69) is 116 Å². The van der Waals surface area contributed by atoms with Gasteiger partial charge in [0, 0.05) is 6.42 Å². The molecule has 9 N–H and O–H groups in total. The molecule has 466 valence electrons. The van der Waals surface area contributed by atoms with Crippen molar-refractivity contribution in [1.82, 2.24) is 5.32 Å². The predicted molar refractivity (Wildman–Crippen MR) is 327 cm³/mol. The standard InChI is InChI=1S/C67H115NO13/c1-3-5-7-9-11-13-15-17-19-20-21-22-23-24-25-26-27-28-29-30-31-32-33-34-35-36-37-39-41-43-45-47-49-51-59(72)68-55(56(71)50-48-46-44-42-40-38-18-16-14-12-10-8-6-4-2)54-78-66-64(77)62(75)65(58(53-70)80-66)81-67-63(76)61(74)60(73)57(52-69)79-67/h5,7,11,13,17,19,21-22,24-25,27-28,30-31,33-34,55-58,60-67,69-71,73-77H,3-4,6,8-10,12,14-16,18,20,23,26,29,32,35-54H2,1-2H3,(H,68,72)/b7-5-,13-11-,19-17-,22-21-,25-24-,28-27-,31-30-,34-33-. The number of aliphatic hydroxyl groups is 8. The molecular formula is C67H115NO13. The second-order valence-electron chi connectivity index (χ2n) is 22.2. The van der Waals surface area contributed by atoms with Crippen molar-refractivity contribution in [2.45, 2.75) is 299 Å².